The van der Waals surface area contributed by atoms with Crippen LogP contribution in [0.15, 0.2) is 18.2 Å². The number of nitrogens with one attached hydrogen (secondary N) is 1. The average molecular weight is 321 g/mol. The van der Waals surface area contributed by atoms with Gasteiger partial charge < -0.3 is 19.5 Å². The molecular weight excluding hydrogens is 298 g/mol. The van der Waals surface area contributed by atoms with Gasteiger partial charge in [-0.3, -0.25) is 4.79 Å². The lowest BCUT2D eigenvalue weighted by atomic mass is 10.2. The molecule has 1 fully saturated rings. The molecule has 1 N–H and O–H groups in total. The first-order chi connectivity index (χ1) is 11.0. The van der Waals surface area contributed by atoms with Gasteiger partial charge in [0.1, 0.15) is 0 Å². The zero-order chi connectivity index (χ0) is 16.8. The van der Waals surface area contributed by atoms with Crippen LogP contribution in [0.2, 0.25) is 0 Å². The standard InChI is InChI=1S/C17H23NO5/c1-4-22-15-9-13(7-8-14(15)21-3)17(20)23-10-16(19)18-11(2)12-5-6-12/h7-9,11-12H,4-6,10H2,1-3H3,(H,18,19)/t11-/m0/s1. The predicted molar refractivity (Wildman–Crippen MR) is 84.8 cm³/mol. The molecule has 1 atom stereocenters. The lowest BCUT2D eigenvalue weighted by Crippen LogP contribution is -2.37. The van der Waals surface area contributed by atoms with Crippen LogP contribution in [-0.2, 0) is 9.53 Å². The topological polar surface area (TPSA) is 73.9 Å². The summed E-state index contributed by atoms with van der Waals surface area (Å²) in [6, 6.07) is 4.90. The molecule has 2 rings (SSSR count). The summed E-state index contributed by atoms with van der Waals surface area (Å²) in [5.41, 5.74) is 0.317. The maximum Gasteiger partial charge on any atom is 0.338 e. The van der Waals surface area contributed by atoms with Crippen molar-refractivity contribution in [1.29, 1.82) is 0 Å². The number of hydrogen-bond donors (Lipinski definition) is 1. The van der Waals surface area contributed by atoms with Crippen LogP contribution < -0.4 is 14.8 Å². The fraction of sp³-hybridized carbons (Fsp3) is 0.529. The van der Waals surface area contributed by atoms with Gasteiger partial charge in [0.25, 0.3) is 5.91 Å². The van der Waals surface area contributed by atoms with Gasteiger partial charge in [-0.15, -0.1) is 0 Å². The molecule has 0 spiro atoms. The number of amides is 1. The first-order valence-electron chi connectivity index (χ1n) is 7.82. The number of carbonyl (C=O) groups excluding carboxylic acids is 2. The molecule has 1 amide bonds. The molecular formula is C17H23NO5. The van der Waals surface area contributed by atoms with Crippen LogP contribution in [0.5, 0.6) is 11.5 Å². The molecule has 126 valence electrons. The third kappa shape index (κ3) is 4.87. The van der Waals surface area contributed by atoms with Crippen molar-refractivity contribution >= 4 is 11.9 Å². The predicted octanol–water partition coefficient (Wildman–Crippen LogP) is 2.17. The molecule has 0 unspecified atom stereocenters. The Morgan fingerprint density at radius 1 is 1.30 bits per heavy atom. The second-order valence-electron chi connectivity index (χ2n) is 5.57. The lowest BCUT2D eigenvalue weighted by molar-refractivity contribution is -0.124. The van der Waals surface area contributed by atoms with E-state index < -0.39 is 5.97 Å². The molecule has 6 nitrogen and oxygen atoms in total. The molecule has 1 aromatic rings. The fourth-order valence-corrected chi connectivity index (χ4v) is 2.30. The van der Waals surface area contributed by atoms with Gasteiger partial charge in [-0.05, 0) is 50.8 Å². The molecule has 0 aromatic heterocycles. The minimum Gasteiger partial charge on any atom is -0.493 e. The van der Waals surface area contributed by atoms with Crippen LogP contribution in [0, 0.1) is 5.92 Å². The van der Waals surface area contributed by atoms with Gasteiger partial charge in [-0.2, -0.15) is 0 Å². The number of hydrogen-bond acceptors (Lipinski definition) is 5. The Hall–Kier alpha value is -2.24. The Bertz CT molecular complexity index is 568. The third-order valence-corrected chi connectivity index (χ3v) is 3.75. The monoisotopic (exact) mass is 321 g/mol. The van der Waals surface area contributed by atoms with Crippen LogP contribution in [-0.4, -0.2) is 38.2 Å². The minimum atomic E-state index is -0.567. The molecule has 1 aliphatic carbocycles. The van der Waals surface area contributed by atoms with Crippen molar-refractivity contribution in [1.82, 2.24) is 5.32 Å². The Morgan fingerprint density at radius 2 is 2.04 bits per heavy atom. The third-order valence-electron chi connectivity index (χ3n) is 3.75. The number of benzene rings is 1. The van der Waals surface area contributed by atoms with E-state index >= 15 is 0 Å². The summed E-state index contributed by atoms with van der Waals surface area (Å²) in [6.45, 7) is 3.98. The van der Waals surface area contributed by atoms with Crippen LogP contribution in [0.1, 0.15) is 37.0 Å². The van der Waals surface area contributed by atoms with Crippen LogP contribution in [0.4, 0.5) is 0 Å². The van der Waals surface area contributed by atoms with E-state index in [2.05, 4.69) is 5.32 Å². The number of carbonyl (C=O) groups is 2. The highest BCUT2D eigenvalue weighted by Crippen LogP contribution is 2.32. The number of methoxy groups -OCH3 is 1. The average Bonchev–Trinajstić information content (AvgIpc) is 3.37. The van der Waals surface area contributed by atoms with Crippen LogP contribution >= 0.6 is 0 Å². The van der Waals surface area contributed by atoms with E-state index in [1.165, 1.54) is 7.11 Å². The summed E-state index contributed by atoms with van der Waals surface area (Å²) in [4.78, 5) is 23.8. The molecule has 0 heterocycles. The second-order valence-corrected chi connectivity index (χ2v) is 5.57. The van der Waals surface area contributed by atoms with Crippen LogP contribution in [0.3, 0.4) is 0 Å². The maximum atomic E-state index is 12.0. The highest BCUT2D eigenvalue weighted by Gasteiger charge is 2.29. The highest BCUT2D eigenvalue weighted by atomic mass is 16.5. The normalized spacial score (nSPS) is 14.7. The first kappa shape index (κ1) is 17.1. The largest absolute Gasteiger partial charge is 0.493 e. The van der Waals surface area contributed by atoms with E-state index in [1.54, 1.807) is 18.2 Å². The fourth-order valence-electron chi connectivity index (χ4n) is 2.30. The quantitative estimate of drug-likeness (QED) is 0.743. The summed E-state index contributed by atoms with van der Waals surface area (Å²) in [5, 5.41) is 2.84. The Labute approximate surface area is 136 Å². The van der Waals surface area contributed by atoms with Gasteiger partial charge in [0.2, 0.25) is 0 Å². The van der Waals surface area contributed by atoms with Gasteiger partial charge in [0.15, 0.2) is 18.1 Å². The van der Waals surface area contributed by atoms with E-state index in [-0.39, 0.29) is 18.6 Å². The van der Waals surface area contributed by atoms with Crippen molar-refractivity contribution in [2.45, 2.75) is 32.7 Å². The number of esters is 1. The zero-order valence-electron chi connectivity index (χ0n) is 13.8. The highest BCUT2D eigenvalue weighted by molar-refractivity contribution is 5.92. The smallest absolute Gasteiger partial charge is 0.338 e. The molecule has 23 heavy (non-hydrogen) atoms. The van der Waals surface area contributed by atoms with E-state index in [9.17, 15) is 9.59 Å². The number of rotatable bonds is 8. The molecule has 1 aromatic carbocycles. The minimum absolute atomic E-state index is 0.131. The van der Waals surface area contributed by atoms with Gasteiger partial charge in [0, 0.05) is 6.04 Å². The summed E-state index contributed by atoms with van der Waals surface area (Å²) >= 11 is 0. The Kier molecular flexibility index (Phi) is 5.84. The van der Waals surface area contributed by atoms with Gasteiger partial charge in [-0.1, -0.05) is 0 Å². The molecule has 0 bridgehead atoms. The molecule has 0 aliphatic heterocycles. The van der Waals surface area contributed by atoms with Gasteiger partial charge in [-0.25, -0.2) is 4.79 Å². The molecule has 6 heteroatoms. The van der Waals surface area contributed by atoms with Crippen LogP contribution in [0.25, 0.3) is 0 Å². The van der Waals surface area contributed by atoms with Crippen molar-refractivity contribution in [3.05, 3.63) is 23.8 Å². The Morgan fingerprint density at radius 3 is 2.65 bits per heavy atom. The van der Waals surface area contributed by atoms with Crippen molar-refractivity contribution in [3.8, 4) is 11.5 Å². The summed E-state index contributed by atoms with van der Waals surface area (Å²) in [7, 11) is 1.53. The maximum absolute atomic E-state index is 12.0. The summed E-state index contributed by atoms with van der Waals surface area (Å²) < 4.78 is 15.6. The Balaban J connectivity index is 1.89. The SMILES string of the molecule is CCOc1cc(C(=O)OCC(=O)N[C@@H](C)C2CC2)ccc1OC. The van der Waals surface area contributed by atoms with Crippen molar-refractivity contribution in [2.75, 3.05) is 20.3 Å². The van der Waals surface area contributed by atoms with Crippen molar-refractivity contribution < 1.29 is 23.8 Å². The van der Waals surface area contributed by atoms with E-state index in [0.29, 0.717) is 29.6 Å². The van der Waals surface area contributed by atoms with Crippen molar-refractivity contribution in [2.24, 2.45) is 5.92 Å². The van der Waals surface area contributed by atoms with E-state index in [4.69, 9.17) is 14.2 Å². The zero-order valence-corrected chi connectivity index (χ0v) is 13.8. The summed E-state index contributed by atoms with van der Waals surface area (Å²) in [6.07, 6.45) is 2.29. The van der Waals surface area contributed by atoms with Gasteiger partial charge >= 0.3 is 5.97 Å². The molecule has 0 radical (unpaired) electrons. The lowest BCUT2D eigenvalue weighted by Gasteiger charge is -2.13. The molecule has 1 saturated carbocycles. The molecule has 1 aliphatic rings. The second kappa shape index (κ2) is 7.85. The molecule has 0 saturated heterocycles. The van der Waals surface area contributed by atoms with Gasteiger partial charge in [0.05, 0.1) is 19.3 Å². The summed E-state index contributed by atoms with van der Waals surface area (Å²) in [5.74, 6) is 0.722. The first-order valence-corrected chi connectivity index (χ1v) is 7.82. The number of ether oxygens (including phenoxy) is 3. The van der Waals surface area contributed by atoms with E-state index in [1.807, 2.05) is 13.8 Å². The van der Waals surface area contributed by atoms with E-state index in [0.717, 1.165) is 12.8 Å². The van der Waals surface area contributed by atoms with Crippen molar-refractivity contribution in [3.63, 3.8) is 0 Å².